The number of hydrogen-bond donors (Lipinski definition) is 3. The summed E-state index contributed by atoms with van der Waals surface area (Å²) in [5.74, 6) is -0.137. The van der Waals surface area contributed by atoms with Gasteiger partial charge in [-0.1, -0.05) is 45.0 Å². The lowest BCUT2D eigenvalue weighted by Crippen LogP contribution is -2.55. The van der Waals surface area contributed by atoms with Crippen LogP contribution in [0.3, 0.4) is 0 Å². The fourth-order valence-corrected chi connectivity index (χ4v) is 2.66. The van der Waals surface area contributed by atoms with Gasteiger partial charge >= 0.3 is 0 Å². The summed E-state index contributed by atoms with van der Waals surface area (Å²) in [5.41, 5.74) is 2.11. The lowest BCUT2D eigenvalue weighted by molar-refractivity contribution is -0.129. The molecule has 1 aromatic rings. The number of hydrogen-bond acceptors (Lipinski definition) is 4. The molecule has 0 aromatic heterocycles. The van der Waals surface area contributed by atoms with Gasteiger partial charge in [0.1, 0.15) is 6.04 Å². The zero-order valence-electron chi connectivity index (χ0n) is 14.4. The van der Waals surface area contributed by atoms with Crippen LogP contribution in [-0.4, -0.2) is 42.9 Å². The second-order valence-corrected chi connectivity index (χ2v) is 7.14. The van der Waals surface area contributed by atoms with Crippen molar-refractivity contribution in [3.8, 4) is 0 Å². The van der Waals surface area contributed by atoms with E-state index >= 15 is 0 Å². The highest BCUT2D eigenvalue weighted by Crippen LogP contribution is 2.23. The van der Waals surface area contributed by atoms with E-state index in [0.717, 1.165) is 5.56 Å². The van der Waals surface area contributed by atoms with E-state index in [1.807, 2.05) is 31.2 Å². The lowest BCUT2D eigenvalue weighted by Gasteiger charge is -2.29. The van der Waals surface area contributed by atoms with Crippen LogP contribution >= 0.6 is 0 Å². The Hall–Kier alpha value is -1.43. The summed E-state index contributed by atoms with van der Waals surface area (Å²) >= 11 is 0. The van der Waals surface area contributed by atoms with Crippen molar-refractivity contribution in [2.45, 2.75) is 51.4 Å². The van der Waals surface area contributed by atoms with Crippen molar-refractivity contribution >= 4 is 5.91 Å². The molecule has 5 nitrogen and oxygen atoms in total. The van der Waals surface area contributed by atoms with Crippen molar-refractivity contribution in [3.63, 3.8) is 0 Å². The minimum Gasteiger partial charge on any atom is -0.387 e. The SMILES string of the molecule is C[C@H]1OCCN[C@@H]1C(=O)NCC(O)c1ccc(C(C)(C)C)cc1. The summed E-state index contributed by atoms with van der Waals surface area (Å²) in [6, 6.07) is 7.53. The molecule has 1 unspecified atom stereocenters. The molecule has 1 aliphatic rings. The normalized spacial score (nSPS) is 23.3. The Morgan fingerprint density at radius 2 is 2.04 bits per heavy atom. The molecule has 0 aliphatic carbocycles. The van der Waals surface area contributed by atoms with E-state index in [9.17, 15) is 9.90 Å². The summed E-state index contributed by atoms with van der Waals surface area (Å²) in [4.78, 5) is 12.2. The van der Waals surface area contributed by atoms with E-state index in [0.29, 0.717) is 13.2 Å². The molecule has 1 fully saturated rings. The van der Waals surface area contributed by atoms with Crippen LogP contribution in [0.25, 0.3) is 0 Å². The number of ether oxygens (including phenoxy) is 1. The standard InChI is InChI=1S/C18H28N2O3/c1-12-16(19-9-10-23-12)17(22)20-11-15(21)13-5-7-14(8-6-13)18(2,3)4/h5-8,12,15-16,19,21H,9-11H2,1-4H3,(H,20,22)/t12-,15?,16+/m1/s1. The molecule has 2 rings (SSSR count). The molecule has 1 aromatic carbocycles. The molecule has 0 radical (unpaired) electrons. The van der Waals surface area contributed by atoms with Gasteiger partial charge in [-0.15, -0.1) is 0 Å². The summed E-state index contributed by atoms with van der Waals surface area (Å²) in [5, 5.41) is 16.2. The molecule has 5 heteroatoms. The molecule has 3 atom stereocenters. The number of rotatable bonds is 4. The third-order valence-corrected chi connectivity index (χ3v) is 4.23. The van der Waals surface area contributed by atoms with Crippen molar-refractivity contribution in [2.24, 2.45) is 0 Å². The monoisotopic (exact) mass is 320 g/mol. The molecule has 0 spiro atoms. The van der Waals surface area contributed by atoms with Gasteiger partial charge in [0.15, 0.2) is 0 Å². The van der Waals surface area contributed by atoms with Gasteiger partial charge in [-0.25, -0.2) is 0 Å². The van der Waals surface area contributed by atoms with Gasteiger partial charge in [0.2, 0.25) is 5.91 Å². The third kappa shape index (κ3) is 4.77. The molecule has 128 valence electrons. The quantitative estimate of drug-likeness (QED) is 0.786. The molecule has 3 N–H and O–H groups in total. The van der Waals surface area contributed by atoms with E-state index in [1.165, 1.54) is 5.56 Å². The maximum absolute atomic E-state index is 12.2. The second kappa shape index (κ2) is 7.43. The van der Waals surface area contributed by atoms with E-state index in [4.69, 9.17) is 4.74 Å². The summed E-state index contributed by atoms with van der Waals surface area (Å²) in [6.07, 6.45) is -0.875. The number of carbonyl (C=O) groups is 1. The predicted octanol–water partition coefficient (Wildman–Crippen LogP) is 1.51. The first-order valence-corrected chi connectivity index (χ1v) is 8.20. The zero-order chi connectivity index (χ0) is 17.0. The van der Waals surface area contributed by atoms with Crippen LogP contribution in [-0.2, 0) is 14.9 Å². The number of aliphatic hydroxyl groups excluding tert-OH is 1. The van der Waals surface area contributed by atoms with E-state index in [-0.39, 0.29) is 30.0 Å². The number of benzene rings is 1. The van der Waals surface area contributed by atoms with Crippen molar-refractivity contribution in [3.05, 3.63) is 35.4 Å². The van der Waals surface area contributed by atoms with Crippen LogP contribution in [0.4, 0.5) is 0 Å². The fourth-order valence-electron chi connectivity index (χ4n) is 2.66. The van der Waals surface area contributed by atoms with E-state index in [1.54, 1.807) is 0 Å². The first-order chi connectivity index (χ1) is 10.8. The van der Waals surface area contributed by atoms with Gasteiger partial charge < -0.3 is 20.5 Å². The lowest BCUT2D eigenvalue weighted by atomic mass is 9.86. The number of morpholine rings is 1. The van der Waals surface area contributed by atoms with Crippen molar-refractivity contribution in [1.29, 1.82) is 0 Å². The van der Waals surface area contributed by atoms with Crippen LogP contribution in [0, 0.1) is 0 Å². The molecular formula is C18H28N2O3. The molecule has 1 aliphatic heterocycles. The largest absolute Gasteiger partial charge is 0.387 e. The maximum atomic E-state index is 12.2. The molecule has 23 heavy (non-hydrogen) atoms. The minimum atomic E-state index is -0.715. The Morgan fingerprint density at radius 3 is 2.61 bits per heavy atom. The van der Waals surface area contributed by atoms with E-state index in [2.05, 4.69) is 31.4 Å². The highest BCUT2D eigenvalue weighted by Gasteiger charge is 2.28. The van der Waals surface area contributed by atoms with E-state index < -0.39 is 6.10 Å². The van der Waals surface area contributed by atoms with Crippen LogP contribution < -0.4 is 10.6 Å². The van der Waals surface area contributed by atoms with Crippen molar-refractivity contribution < 1.29 is 14.6 Å². The maximum Gasteiger partial charge on any atom is 0.239 e. The number of nitrogens with one attached hydrogen (secondary N) is 2. The summed E-state index contributed by atoms with van der Waals surface area (Å²) < 4.78 is 5.46. The molecular weight excluding hydrogens is 292 g/mol. The van der Waals surface area contributed by atoms with Crippen LogP contribution in [0.2, 0.25) is 0 Å². The molecule has 1 amide bonds. The number of aliphatic hydroxyl groups is 1. The van der Waals surface area contributed by atoms with Crippen molar-refractivity contribution in [1.82, 2.24) is 10.6 Å². The average Bonchev–Trinajstić information content (AvgIpc) is 2.52. The van der Waals surface area contributed by atoms with Gasteiger partial charge in [-0.05, 0) is 23.5 Å². The summed E-state index contributed by atoms with van der Waals surface area (Å²) in [6.45, 7) is 9.81. The van der Waals surface area contributed by atoms with Gasteiger partial charge in [0.05, 0.1) is 18.8 Å². The minimum absolute atomic E-state index is 0.0838. The molecule has 1 saturated heterocycles. The Labute approximate surface area is 138 Å². The first-order valence-electron chi connectivity index (χ1n) is 8.20. The topological polar surface area (TPSA) is 70.6 Å². The average molecular weight is 320 g/mol. The Kier molecular flexibility index (Phi) is 5.79. The third-order valence-electron chi connectivity index (χ3n) is 4.23. The summed E-state index contributed by atoms with van der Waals surface area (Å²) in [7, 11) is 0. The highest BCUT2D eigenvalue weighted by atomic mass is 16.5. The number of carbonyl (C=O) groups excluding carboxylic acids is 1. The van der Waals surface area contributed by atoms with Gasteiger partial charge in [0, 0.05) is 13.1 Å². The second-order valence-electron chi connectivity index (χ2n) is 7.14. The smallest absolute Gasteiger partial charge is 0.239 e. The number of amides is 1. The molecule has 0 saturated carbocycles. The van der Waals surface area contributed by atoms with Gasteiger partial charge in [-0.3, -0.25) is 4.79 Å². The molecule has 0 bridgehead atoms. The zero-order valence-corrected chi connectivity index (χ0v) is 14.4. The highest BCUT2D eigenvalue weighted by molar-refractivity contribution is 5.82. The Bertz CT molecular complexity index is 522. The molecule has 1 heterocycles. The van der Waals surface area contributed by atoms with Crippen LogP contribution in [0.15, 0.2) is 24.3 Å². The Balaban J connectivity index is 1.89. The first kappa shape index (κ1) is 17.9. The predicted molar refractivity (Wildman–Crippen MR) is 90.3 cm³/mol. The van der Waals surface area contributed by atoms with Crippen molar-refractivity contribution in [2.75, 3.05) is 19.7 Å². The van der Waals surface area contributed by atoms with Gasteiger partial charge in [0.25, 0.3) is 0 Å². The van der Waals surface area contributed by atoms with Crippen LogP contribution in [0.5, 0.6) is 0 Å². The Morgan fingerprint density at radius 1 is 1.39 bits per heavy atom. The van der Waals surface area contributed by atoms with Gasteiger partial charge in [-0.2, -0.15) is 0 Å². The van der Waals surface area contributed by atoms with Crippen LogP contribution in [0.1, 0.15) is 44.9 Å². The fraction of sp³-hybridized carbons (Fsp3) is 0.611.